The van der Waals surface area contributed by atoms with Crippen molar-refractivity contribution in [1.82, 2.24) is 14.8 Å². The minimum absolute atomic E-state index is 0.0878. The number of carbonyl (C=O) groups is 1. The maximum absolute atomic E-state index is 13.1. The van der Waals surface area contributed by atoms with Crippen LogP contribution in [0.3, 0.4) is 0 Å². The van der Waals surface area contributed by atoms with E-state index in [1.165, 1.54) is 12.0 Å². The van der Waals surface area contributed by atoms with E-state index in [4.69, 9.17) is 4.84 Å². The number of oxime groups is 1. The Morgan fingerprint density at radius 3 is 2.80 bits per heavy atom. The summed E-state index contributed by atoms with van der Waals surface area (Å²) in [6, 6.07) is 3.60. The Kier molecular flexibility index (Phi) is 6.59. The van der Waals surface area contributed by atoms with Crippen molar-refractivity contribution in [3.05, 3.63) is 36.4 Å². The van der Waals surface area contributed by atoms with E-state index >= 15 is 0 Å². The van der Waals surface area contributed by atoms with E-state index in [0.29, 0.717) is 17.9 Å². The molecule has 1 aliphatic carbocycles. The third kappa shape index (κ3) is 4.89. The van der Waals surface area contributed by atoms with Crippen LogP contribution in [0.4, 0.5) is 14.5 Å². The highest BCUT2D eigenvalue weighted by Crippen LogP contribution is 2.48. The molecule has 1 fully saturated rings. The minimum Gasteiger partial charge on any atom is -0.399 e. The molecule has 8 nitrogen and oxygen atoms in total. The molecule has 2 atom stereocenters. The first-order valence-corrected chi connectivity index (χ1v) is 10.9. The molecule has 2 heterocycles. The first kappa shape index (κ1) is 22.0. The number of alkyl halides is 2. The molecule has 0 bridgehead atoms. The molecular formula is C19H23F2N5O3S. The number of carbonyl (C=O) groups excluding carboxylic acids is 1. The summed E-state index contributed by atoms with van der Waals surface area (Å²) in [7, 11) is -0.387. The van der Waals surface area contributed by atoms with E-state index in [-0.39, 0.29) is 23.6 Å². The van der Waals surface area contributed by atoms with Gasteiger partial charge in [0.15, 0.2) is 5.71 Å². The van der Waals surface area contributed by atoms with E-state index in [0.717, 1.165) is 5.69 Å². The number of rotatable bonds is 9. The van der Waals surface area contributed by atoms with Crippen molar-refractivity contribution < 1.29 is 22.6 Å². The molecule has 2 unspecified atom stereocenters. The number of aryl methyl sites for hydroxylation is 1. The first-order valence-electron chi connectivity index (χ1n) is 9.38. The largest absolute Gasteiger partial charge is 0.399 e. The van der Waals surface area contributed by atoms with E-state index in [1.54, 1.807) is 43.2 Å². The number of aromatic nitrogens is 3. The molecule has 2 aromatic heterocycles. The predicted molar refractivity (Wildman–Crippen MR) is 109 cm³/mol. The summed E-state index contributed by atoms with van der Waals surface area (Å²) in [5, 5.41) is 8.16. The van der Waals surface area contributed by atoms with Gasteiger partial charge in [0.25, 0.3) is 11.8 Å². The molecule has 0 radical (unpaired) electrons. The van der Waals surface area contributed by atoms with Crippen molar-refractivity contribution in [2.75, 3.05) is 30.1 Å². The fourth-order valence-electron chi connectivity index (χ4n) is 3.04. The molecular weight excluding hydrogens is 416 g/mol. The molecule has 3 rings (SSSR count). The van der Waals surface area contributed by atoms with Gasteiger partial charge in [0.2, 0.25) is 0 Å². The normalized spacial score (nSPS) is 18.7. The van der Waals surface area contributed by atoms with Crippen LogP contribution in [0.2, 0.25) is 0 Å². The lowest BCUT2D eigenvalue weighted by atomic mass is 10.3. The van der Waals surface area contributed by atoms with Crippen molar-refractivity contribution in [2.45, 2.75) is 26.2 Å². The summed E-state index contributed by atoms with van der Waals surface area (Å²) in [6.07, 6.45) is 4.72. The van der Waals surface area contributed by atoms with Gasteiger partial charge in [-0.05, 0) is 26.0 Å². The number of anilines is 1. The molecule has 0 spiro atoms. The van der Waals surface area contributed by atoms with Crippen molar-refractivity contribution in [2.24, 2.45) is 11.1 Å². The highest BCUT2D eigenvalue weighted by Gasteiger charge is 2.57. The van der Waals surface area contributed by atoms with Crippen LogP contribution in [0.1, 0.15) is 19.0 Å². The van der Waals surface area contributed by atoms with Gasteiger partial charge in [-0.2, -0.15) is 5.10 Å². The first-order chi connectivity index (χ1) is 14.3. The summed E-state index contributed by atoms with van der Waals surface area (Å²) in [5.41, 5.74) is 1.79. The third-order valence-electron chi connectivity index (χ3n) is 4.72. The zero-order chi connectivity index (χ0) is 21.9. The Labute approximate surface area is 175 Å². The zero-order valence-corrected chi connectivity index (χ0v) is 17.7. The Morgan fingerprint density at radius 1 is 1.50 bits per heavy atom. The highest BCUT2D eigenvalue weighted by molar-refractivity contribution is 7.85. The second-order valence-corrected chi connectivity index (χ2v) is 8.44. The van der Waals surface area contributed by atoms with Gasteiger partial charge < -0.3 is 9.74 Å². The standard InChI is InChI=1S/C19H23F2N5O3S/c1-4-25(17-10-26(23-13(17)2)15-6-5-7-22-9-15)18(27)16(24-29-3)12-30(28)11-14-8-19(14,20)21/h5-7,9-10,14H,4,8,11-12H2,1-3H3/b24-16-. The lowest BCUT2D eigenvalue weighted by Crippen LogP contribution is -2.39. The third-order valence-corrected chi connectivity index (χ3v) is 6.09. The number of pyridine rings is 1. The van der Waals surface area contributed by atoms with E-state index in [9.17, 15) is 17.8 Å². The summed E-state index contributed by atoms with van der Waals surface area (Å²) >= 11 is 0. The number of hydrogen-bond donors (Lipinski definition) is 0. The number of hydrogen-bond acceptors (Lipinski definition) is 6. The van der Waals surface area contributed by atoms with Crippen LogP contribution in [0.5, 0.6) is 0 Å². The molecule has 1 aliphatic rings. The van der Waals surface area contributed by atoms with Gasteiger partial charge in [-0.1, -0.05) is 5.16 Å². The average Bonchev–Trinajstić information content (AvgIpc) is 3.12. The maximum atomic E-state index is 13.1. The molecule has 0 aromatic carbocycles. The van der Waals surface area contributed by atoms with Crippen LogP contribution in [-0.2, 0) is 20.4 Å². The second kappa shape index (κ2) is 8.99. The highest BCUT2D eigenvalue weighted by atomic mass is 32.2. The molecule has 2 aromatic rings. The lowest BCUT2D eigenvalue weighted by molar-refractivity contribution is -0.112. The van der Waals surface area contributed by atoms with Crippen molar-refractivity contribution >= 4 is 28.1 Å². The Bertz CT molecular complexity index is 964. The van der Waals surface area contributed by atoms with Gasteiger partial charge in [-0.25, -0.2) is 13.5 Å². The Morgan fingerprint density at radius 2 is 2.23 bits per heavy atom. The Hall–Kier alpha value is -2.69. The molecule has 0 aliphatic heterocycles. The molecule has 162 valence electrons. The van der Waals surface area contributed by atoms with Crippen molar-refractivity contribution in [3.63, 3.8) is 0 Å². The van der Waals surface area contributed by atoms with Crippen molar-refractivity contribution in [3.8, 4) is 5.69 Å². The number of nitrogens with zero attached hydrogens (tertiary/aromatic N) is 5. The van der Waals surface area contributed by atoms with E-state index in [1.807, 2.05) is 6.07 Å². The van der Waals surface area contributed by atoms with Crippen LogP contribution >= 0.6 is 0 Å². The van der Waals surface area contributed by atoms with Crippen molar-refractivity contribution in [1.29, 1.82) is 0 Å². The molecule has 0 saturated heterocycles. The number of halogens is 2. The quantitative estimate of drug-likeness (QED) is 0.442. The van der Waals surface area contributed by atoms with Crippen LogP contribution in [0.25, 0.3) is 5.69 Å². The van der Waals surface area contributed by atoms with Gasteiger partial charge in [-0.3, -0.25) is 14.0 Å². The van der Waals surface area contributed by atoms with Crippen LogP contribution < -0.4 is 4.90 Å². The fourth-order valence-corrected chi connectivity index (χ4v) is 4.45. The summed E-state index contributed by atoms with van der Waals surface area (Å²) in [4.78, 5) is 23.4. The summed E-state index contributed by atoms with van der Waals surface area (Å²) in [6.45, 7) is 3.85. The lowest BCUT2D eigenvalue weighted by Gasteiger charge is -2.20. The SMILES string of the molecule is CCN(C(=O)/C(CS(=O)CC1CC1(F)F)=N\OC)c1cn(-c2cccnc2)nc1C. The summed E-state index contributed by atoms with van der Waals surface area (Å²) < 4.78 is 40.2. The Balaban J connectivity index is 1.79. The van der Waals surface area contributed by atoms with Crippen LogP contribution in [0.15, 0.2) is 35.9 Å². The van der Waals surface area contributed by atoms with Gasteiger partial charge in [-0.15, -0.1) is 0 Å². The maximum Gasteiger partial charge on any atom is 0.277 e. The topological polar surface area (TPSA) is 89.7 Å². The van der Waals surface area contributed by atoms with Gasteiger partial charge in [0.05, 0.1) is 35.2 Å². The van der Waals surface area contributed by atoms with Crippen LogP contribution in [-0.4, -0.2) is 61.7 Å². The van der Waals surface area contributed by atoms with Crippen LogP contribution in [0, 0.1) is 12.8 Å². The average molecular weight is 439 g/mol. The van der Waals surface area contributed by atoms with Gasteiger partial charge >= 0.3 is 0 Å². The minimum atomic E-state index is -2.76. The van der Waals surface area contributed by atoms with Gasteiger partial charge in [0.1, 0.15) is 7.11 Å². The molecule has 11 heteroatoms. The fraction of sp³-hybridized carbons (Fsp3) is 0.474. The molecule has 1 amide bonds. The second-order valence-electron chi connectivity index (χ2n) is 6.94. The van der Waals surface area contributed by atoms with E-state index < -0.39 is 28.5 Å². The smallest absolute Gasteiger partial charge is 0.277 e. The zero-order valence-electron chi connectivity index (χ0n) is 16.9. The molecule has 30 heavy (non-hydrogen) atoms. The molecule has 0 N–H and O–H groups in total. The predicted octanol–water partition coefficient (Wildman–Crippen LogP) is 2.33. The van der Waals surface area contributed by atoms with E-state index in [2.05, 4.69) is 15.2 Å². The monoisotopic (exact) mass is 439 g/mol. The van der Waals surface area contributed by atoms with Gasteiger partial charge in [0, 0.05) is 41.6 Å². The summed E-state index contributed by atoms with van der Waals surface area (Å²) in [5.74, 6) is -4.60. The number of amides is 1. The molecule has 1 saturated carbocycles.